The molecule has 92 valence electrons. The number of hydrogen-bond acceptors (Lipinski definition) is 2. The van der Waals surface area contributed by atoms with E-state index in [1.807, 2.05) is 0 Å². The van der Waals surface area contributed by atoms with Crippen molar-refractivity contribution in [1.82, 2.24) is 0 Å². The summed E-state index contributed by atoms with van der Waals surface area (Å²) in [6.07, 6.45) is 4.97. The molecule has 0 bridgehead atoms. The van der Waals surface area contributed by atoms with Crippen molar-refractivity contribution in [3.05, 3.63) is 0 Å². The zero-order valence-corrected chi connectivity index (χ0v) is 10.8. The van der Waals surface area contributed by atoms with E-state index < -0.39 is 0 Å². The smallest absolute Gasteiger partial charge is 0.136 e. The third kappa shape index (κ3) is 1.81. The highest BCUT2D eigenvalue weighted by Crippen LogP contribution is 2.56. The van der Waals surface area contributed by atoms with Crippen LogP contribution in [-0.2, 0) is 4.79 Å². The van der Waals surface area contributed by atoms with Crippen LogP contribution in [0.3, 0.4) is 0 Å². The molecule has 0 saturated heterocycles. The number of carbonyl (C=O) groups is 1. The lowest BCUT2D eigenvalue weighted by Crippen LogP contribution is -2.50. The fourth-order valence-corrected chi connectivity index (χ4v) is 3.80. The molecule has 2 heteroatoms. The molecule has 0 heterocycles. The second kappa shape index (κ2) is 3.83. The maximum atomic E-state index is 11.8. The highest BCUT2D eigenvalue weighted by molar-refractivity contribution is 5.82. The van der Waals surface area contributed by atoms with Crippen LogP contribution in [0.25, 0.3) is 0 Å². The number of hydrogen-bond donors (Lipinski definition) is 1. The molecular weight excluding hydrogens is 200 g/mol. The van der Waals surface area contributed by atoms with Gasteiger partial charge in [-0.3, -0.25) is 4.79 Å². The first-order valence-electron chi connectivity index (χ1n) is 6.54. The second-order valence-electron chi connectivity index (χ2n) is 6.75. The van der Waals surface area contributed by atoms with E-state index in [9.17, 15) is 9.90 Å². The number of ketones is 1. The van der Waals surface area contributed by atoms with Gasteiger partial charge >= 0.3 is 0 Å². The molecule has 2 fully saturated rings. The molecule has 2 aliphatic rings. The van der Waals surface area contributed by atoms with Crippen molar-refractivity contribution >= 4 is 5.78 Å². The number of Topliss-reactive ketones (excluding diaryl/α,β-unsaturated/α-hetero) is 1. The van der Waals surface area contributed by atoms with E-state index in [0.29, 0.717) is 23.5 Å². The highest BCUT2D eigenvalue weighted by Gasteiger charge is 2.51. The minimum atomic E-state index is 0.0584. The topological polar surface area (TPSA) is 37.3 Å². The Morgan fingerprint density at radius 1 is 1.31 bits per heavy atom. The Kier molecular flexibility index (Phi) is 2.90. The van der Waals surface area contributed by atoms with Crippen LogP contribution >= 0.6 is 0 Å². The molecule has 2 rings (SSSR count). The normalized spacial score (nSPS) is 42.9. The van der Waals surface area contributed by atoms with E-state index in [1.165, 1.54) is 6.42 Å². The molecule has 0 aromatic rings. The van der Waals surface area contributed by atoms with Crippen molar-refractivity contribution in [2.24, 2.45) is 22.7 Å². The van der Waals surface area contributed by atoms with Crippen molar-refractivity contribution in [2.75, 3.05) is 6.61 Å². The van der Waals surface area contributed by atoms with Crippen LogP contribution in [0.1, 0.15) is 52.9 Å². The average molecular weight is 224 g/mol. The molecule has 0 radical (unpaired) electrons. The first kappa shape index (κ1) is 12.1. The number of rotatable bonds is 1. The standard InChI is InChI=1S/C14H24O2/c1-10-11-8-13(2,3)6-7-14(11,9-15)5-4-12(10)16/h10-11,15H,4-9H2,1-3H3/t10-,11-,14+/m0/s1. The van der Waals surface area contributed by atoms with Gasteiger partial charge in [-0.2, -0.15) is 0 Å². The summed E-state index contributed by atoms with van der Waals surface area (Å²) < 4.78 is 0. The Hall–Kier alpha value is -0.370. The first-order valence-corrected chi connectivity index (χ1v) is 6.54. The summed E-state index contributed by atoms with van der Waals surface area (Å²) in [5.41, 5.74) is 0.401. The highest BCUT2D eigenvalue weighted by atomic mass is 16.3. The fourth-order valence-electron chi connectivity index (χ4n) is 3.80. The third-order valence-electron chi connectivity index (χ3n) is 5.15. The first-order chi connectivity index (χ1) is 7.40. The van der Waals surface area contributed by atoms with Crippen LogP contribution in [0.4, 0.5) is 0 Å². The van der Waals surface area contributed by atoms with Gasteiger partial charge in [-0.25, -0.2) is 0 Å². The summed E-state index contributed by atoms with van der Waals surface area (Å²) in [5.74, 6) is 0.967. The number of aliphatic hydroxyl groups is 1. The Morgan fingerprint density at radius 2 is 2.00 bits per heavy atom. The molecule has 2 saturated carbocycles. The number of carbonyl (C=O) groups excluding carboxylic acids is 1. The molecule has 3 atom stereocenters. The zero-order chi connectivity index (χ0) is 12.0. The lowest BCUT2D eigenvalue weighted by molar-refractivity contribution is -0.139. The molecule has 0 spiro atoms. The van der Waals surface area contributed by atoms with E-state index in [4.69, 9.17) is 0 Å². The van der Waals surface area contributed by atoms with Crippen LogP contribution in [-0.4, -0.2) is 17.5 Å². The lowest BCUT2D eigenvalue weighted by Gasteiger charge is -2.53. The maximum absolute atomic E-state index is 11.8. The molecular formula is C14H24O2. The van der Waals surface area contributed by atoms with Gasteiger partial charge in [0.05, 0.1) is 0 Å². The van der Waals surface area contributed by atoms with E-state index in [0.717, 1.165) is 19.3 Å². The predicted octanol–water partition coefficient (Wildman–Crippen LogP) is 2.79. The number of aliphatic hydroxyl groups excluding tert-OH is 1. The van der Waals surface area contributed by atoms with Gasteiger partial charge in [0.1, 0.15) is 5.78 Å². The minimum Gasteiger partial charge on any atom is -0.396 e. The van der Waals surface area contributed by atoms with Gasteiger partial charge < -0.3 is 5.11 Å². The Morgan fingerprint density at radius 3 is 2.62 bits per heavy atom. The minimum absolute atomic E-state index is 0.0584. The SMILES string of the molecule is C[C@@H]1C(=O)CC[C@]2(CO)CCC(C)(C)C[C@@H]12. The molecule has 2 nitrogen and oxygen atoms in total. The number of fused-ring (bicyclic) bond motifs is 1. The summed E-state index contributed by atoms with van der Waals surface area (Å²) in [6.45, 7) is 6.92. The van der Waals surface area contributed by atoms with Gasteiger partial charge in [-0.05, 0) is 42.4 Å². The molecule has 0 aliphatic heterocycles. The third-order valence-corrected chi connectivity index (χ3v) is 5.15. The molecule has 0 unspecified atom stereocenters. The fraction of sp³-hybridized carbons (Fsp3) is 0.929. The van der Waals surface area contributed by atoms with Gasteiger partial charge in [-0.1, -0.05) is 20.8 Å². The van der Waals surface area contributed by atoms with Gasteiger partial charge in [0, 0.05) is 18.9 Å². The summed E-state index contributed by atoms with van der Waals surface area (Å²) in [5, 5.41) is 9.74. The van der Waals surface area contributed by atoms with E-state index in [-0.39, 0.29) is 17.9 Å². The van der Waals surface area contributed by atoms with Gasteiger partial charge in [0.15, 0.2) is 0 Å². The average Bonchev–Trinajstić information content (AvgIpc) is 2.24. The summed E-state index contributed by atoms with van der Waals surface area (Å²) in [6, 6.07) is 0. The molecule has 0 aromatic carbocycles. The van der Waals surface area contributed by atoms with Crippen molar-refractivity contribution in [1.29, 1.82) is 0 Å². The monoisotopic (exact) mass is 224 g/mol. The lowest BCUT2D eigenvalue weighted by atomic mass is 9.51. The Bertz CT molecular complexity index is 295. The molecule has 1 N–H and O–H groups in total. The van der Waals surface area contributed by atoms with Crippen LogP contribution in [0.15, 0.2) is 0 Å². The zero-order valence-electron chi connectivity index (χ0n) is 10.8. The Labute approximate surface area is 98.4 Å². The van der Waals surface area contributed by atoms with Crippen molar-refractivity contribution in [2.45, 2.75) is 52.9 Å². The van der Waals surface area contributed by atoms with Crippen LogP contribution in [0, 0.1) is 22.7 Å². The second-order valence-corrected chi connectivity index (χ2v) is 6.75. The Balaban J connectivity index is 2.27. The van der Waals surface area contributed by atoms with Crippen molar-refractivity contribution in [3.8, 4) is 0 Å². The van der Waals surface area contributed by atoms with Crippen LogP contribution in [0.5, 0.6) is 0 Å². The van der Waals surface area contributed by atoms with Gasteiger partial charge in [0.2, 0.25) is 0 Å². The van der Waals surface area contributed by atoms with Crippen LogP contribution in [0.2, 0.25) is 0 Å². The van der Waals surface area contributed by atoms with Crippen molar-refractivity contribution < 1.29 is 9.90 Å². The van der Waals surface area contributed by atoms with E-state index in [2.05, 4.69) is 20.8 Å². The van der Waals surface area contributed by atoms with E-state index >= 15 is 0 Å². The molecule has 16 heavy (non-hydrogen) atoms. The largest absolute Gasteiger partial charge is 0.396 e. The quantitative estimate of drug-likeness (QED) is 0.743. The van der Waals surface area contributed by atoms with Crippen LogP contribution < -0.4 is 0 Å². The summed E-state index contributed by atoms with van der Waals surface area (Å²) in [4.78, 5) is 11.8. The van der Waals surface area contributed by atoms with E-state index in [1.54, 1.807) is 0 Å². The molecule has 2 aliphatic carbocycles. The maximum Gasteiger partial charge on any atom is 0.136 e. The molecule has 0 amide bonds. The predicted molar refractivity (Wildman–Crippen MR) is 64.0 cm³/mol. The van der Waals surface area contributed by atoms with Crippen molar-refractivity contribution in [3.63, 3.8) is 0 Å². The summed E-state index contributed by atoms with van der Waals surface area (Å²) in [7, 11) is 0. The molecule has 0 aromatic heterocycles. The summed E-state index contributed by atoms with van der Waals surface area (Å²) >= 11 is 0. The van der Waals surface area contributed by atoms with Gasteiger partial charge in [-0.15, -0.1) is 0 Å². The van der Waals surface area contributed by atoms with Gasteiger partial charge in [0.25, 0.3) is 0 Å².